The molecule has 3 rings (SSSR count). The number of non-ortho nitro benzene ring substituents is 1. The van der Waals surface area contributed by atoms with Crippen molar-refractivity contribution in [3.8, 4) is 5.75 Å². The second kappa shape index (κ2) is 12.9. The summed E-state index contributed by atoms with van der Waals surface area (Å²) in [6, 6.07) is 16.8. The lowest BCUT2D eigenvalue weighted by molar-refractivity contribution is -0.687. The van der Waals surface area contributed by atoms with Gasteiger partial charge in [0.2, 0.25) is 12.2 Å². The molecule has 0 bridgehead atoms. The summed E-state index contributed by atoms with van der Waals surface area (Å²) in [5.41, 5.74) is -0.915. The molecule has 0 unspecified atom stereocenters. The number of hydrogen-bond donors (Lipinski definition) is 1. The van der Waals surface area contributed by atoms with Crippen LogP contribution < -0.4 is 4.57 Å². The van der Waals surface area contributed by atoms with Crippen molar-refractivity contribution in [2.45, 2.75) is 13.5 Å². The summed E-state index contributed by atoms with van der Waals surface area (Å²) in [7, 11) is 0. The van der Waals surface area contributed by atoms with Crippen molar-refractivity contribution in [1.29, 1.82) is 0 Å². The van der Waals surface area contributed by atoms with Gasteiger partial charge in [-0.1, -0.05) is 30.3 Å². The van der Waals surface area contributed by atoms with E-state index in [1.54, 1.807) is 0 Å². The third-order valence-electron chi connectivity index (χ3n) is 4.49. The summed E-state index contributed by atoms with van der Waals surface area (Å²) < 4.78 is 6.85. The zero-order valence-corrected chi connectivity index (χ0v) is 18.9. The Hall–Kier alpha value is -5.20. The van der Waals surface area contributed by atoms with Gasteiger partial charge in [-0.15, -0.1) is 0 Å². The maximum atomic E-state index is 11.6. The van der Waals surface area contributed by atoms with E-state index in [1.165, 1.54) is 0 Å². The molecule has 36 heavy (non-hydrogen) atoms. The third-order valence-corrected chi connectivity index (χ3v) is 4.49. The van der Waals surface area contributed by atoms with Gasteiger partial charge in [0, 0.05) is 18.2 Å². The van der Waals surface area contributed by atoms with E-state index in [9.17, 15) is 35.1 Å². The van der Waals surface area contributed by atoms with Gasteiger partial charge in [0.1, 0.15) is 0 Å². The number of nitro groups is 3. The van der Waals surface area contributed by atoms with Crippen molar-refractivity contribution in [2.75, 3.05) is 6.61 Å². The van der Waals surface area contributed by atoms with Gasteiger partial charge < -0.3 is 9.84 Å². The van der Waals surface area contributed by atoms with Gasteiger partial charge in [0.15, 0.2) is 6.20 Å². The Morgan fingerprint density at radius 2 is 1.50 bits per heavy atom. The van der Waals surface area contributed by atoms with Crippen molar-refractivity contribution < 1.29 is 34.0 Å². The molecule has 186 valence electrons. The molecule has 0 radical (unpaired) electrons. The van der Waals surface area contributed by atoms with Gasteiger partial charge in [-0.2, -0.15) is 4.57 Å². The number of phenols is 1. The number of nitrogens with zero attached hydrogens (tertiary/aromatic N) is 4. The van der Waals surface area contributed by atoms with E-state index in [1.807, 2.05) is 78.4 Å². The Labute approximate surface area is 204 Å². The highest BCUT2D eigenvalue weighted by Gasteiger charge is 2.30. The quantitative estimate of drug-likeness (QED) is 0.209. The van der Waals surface area contributed by atoms with E-state index in [2.05, 4.69) is 0 Å². The largest absolute Gasteiger partial charge is 0.497 e. The van der Waals surface area contributed by atoms with Crippen LogP contribution in [0, 0.1) is 30.3 Å². The number of esters is 1. The van der Waals surface area contributed by atoms with Crippen LogP contribution in [0.5, 0.6) is 5.75 Å². The minimum Gasteiger partial charge on any atom is -0.497 e. The van der Waals surface area contributed by atoms with Crippen molar-refractivity contribution >= 4 is 35.2 Å². The lowest BCUT2D eigenvalue weighted by Crippen LogP contribution is -2.41. The summed E-state index contributed by atoms with van der Waals surface area (Å²) in [6.07, 6.45) is 5.90. The first-order valence-corrected chi connectivity index (χ1v) is 10.3. The van der Waals surface area contributed by atoms with Crippen LogP contribution in [0.2, 0.25) is 0 Å². The van der Waals surface area contributed by atoms with Gasteiger partial charge >= 0.3 is 17.3 Å². The first kappa shape index (κ1) is 27.0. The Bertz CT molecular complexity index is 1260. The maximum Gasteiger partial charge on any atom is 0.372 e. The number of ether oxygens (including phenoxy) is 1. The Morgan fingerprint density at radius 3 is 2.03 bits per heavy atom. The molecule has 13 nitrogen and oxygen atoms in total. The predicted octanol–water partition coefficient (Wildman–Crippen LogP) is 3.82. The fourth-order valence-electron chi connectivity index (χ4n) is 2.85. The molecule has 0 aliphatic rings. The molecule has 3 aromatic rings. The number of carbonyl (C=O) groups is 1. The second-order valence-corrected chi connectivity index (χ2v) is 6.91. The average molecular weight is 497 g/mol. The van der Waals surface area contributed by atoms with Crippen molar-refractivity contribution in [1.82, 2.24) is 0 Å². The highest BCUT2D eigenvalue weighted by Crippen LogP contribution is 2.38. The number of carbonyl (C=O) groups excluding carboxylic acids is 1. The van der Waals surface area contributed by atoms with Crippen molar-refractivity contribution in [3.05, 3.63) is 108 Å². The first-order chi connectivity index (χ1) is 17.1. The molecule has 1 heterocycles. The Balaban J connectivity index is 0.000000261. The van der Waals surface area contributed by atoms with Crippen LogP contribution in [0.4, 0.5) is 17.1 Å². The Kier molecular flexibility index (Phi) is 9.68. The number of pyridine rings is 1. The van der Waals surface area contributed by atoms with Crippen molar-refractivity contribution in [3.63, 3.8) is 0 Å². The molecule has 13 heteroatoms. The standard InChI is InChI=1S/C17H18NO2.C6H3N3O7/c1-2-20-17(19)14-18-13-7-6-10-16(18)12-11-15-8-4-3-5-9-15;10-6-4(8(13)14)1-3(7(11)12)2-5(6)9(15)16/h3-13H,2,14H2,1H3;1-2,10H/q+1;/b12-11+;. The zero-order chi connectivity index (χ0) is 26.7. The first-order valence-electron chi connectivity index (χ1n) is 10.3. The highest BCUT2D eigenvalue weighted by atomic mass is 16.6. The molecule has 0 fully saturated rings. The number of nitro benzene ring substituents is 3. The number of hydrogen-bond acceptors (Lipinski definition) is 9. The Morgan fingerprint density at radius 1 is 0.917 bits per heavy atom. The predicted molar refractivity (Wildman–Crippen MR) is 127 cm³/mol. The van der Waals surface area contributed by atoms with Gasteiger partial charge in [-0.25, -0.2) is 4.79 Å². The molecule has 0 saturated heterocycles. The van der Waals surface area contributed by atoms with Crippen LogP contribution in [0.25, 0.3) is 12.2 Å². The molecule has 0 atom stereocenters. The molecular weight excluding hydrogens is 476 g/mol. The van der Waals surface area contributed by atoms with Crippen LogP contribution in [-0.2, 0) is 16.1 Å². The highest BCUT2D eigenvalue weighted by molar-refractivity contribution is 5.69. The van der Waals surface area contributed by atoms with E-state index < -0.39 is 37.6 Å². The molecule has 0 saturated carbocycles. The van der Waals surface area contributed by atoms with Gasteiger partial charge in [-0.05, 0) is 24.6 Å². The number of phenolic OH excluding ortho intramolecular Hbond substituents is 1. The van der Waals surface area contributed by atoms with E-state index in [0.717, 1.165) is 11.3 Å². The van der Waals surface area contributed by atoms with Crippen LogP contribution in [-0.4, -0.2) is 32.5 Å². The van der Waals surface area contributed by atoms with Gasteiger partial charge in [0.25, 0.3) is 11.4 Å². The molecule has 1 aromatic heterocycles. The van der Waals surface area contributed by atoms with Crippen molar-refractivity contribution in [2.24, 2.45) is 0 Å². The number of benzene rings is 2. The normalized spacial score (nSPS) is 10.2. The number of rotatable bonds is 8. The molecule has 0 spiro atoms. The SMILES string of the molecule is CCOC(=O)C[n+]1ccccc1/C=C/c1ccccc1.O=[N+]([O-])c1cc([N+](=O)[O-])c(O)c([N+](=O)[O-])c1. The minimum atomic E-state index is -1.21. The summed E-state index contributed by atoms with van der Waals surface area (Å²) >= 11 is 0. The number of aromatic nitrogens is 1. The fraction of sp³-hybridized carbons (Fsp3) is 0.130. The zero-order valence-electron chi connectivity index (χ0n) is 18.9. The summed E-state index contributed by atoms with van der Waals surface area (Å²) in [4.78, 5) is 39.3. The van der Waals surface area contributed by atoms with E-state index in [-0.39, 0.29) is 12.5 Å². The van der Waals surface area contributed by atoms with Crippen LogP contribution in [0.15, 0.2) is 66.9 Å². The smallest absolute Gasteiger partial charge is 0.372 e. The van der Waals surface area contributed by atoms with E-state index >= 15 is 0 Å². The monoisotopic (exact) mass is 497 g/mol. The molecule has 0 aliphatic carbocycles. The third kappa shape index (κ3) is 7.69. The van der Waals surface area contributed by atoms with Crippen LogP contribution >= 0.6 is 0 Å². The summed E-state index contributed by atoms with van der Waals surface area (Å²) in [5, 5.41) is 40.2. The van der Waals surface area contributed by atoms with Crippen LogP contribution in [0.3, 0.4) is 0 Å². The lowest BCUT2D eigenvalue weighted by Gasteiger charge is -2.01. The molecule has 0 amide bonds. The summed E-state index contributed by atoms with van der Waals surface area (Å²) in [6.45, 7) is 2.44. The summed E-state index contributed by atoms with van der Waals surface area (Å²) in [5.74, 6) is -1.43. The second-order valence-electron chi connectivity index (χ2n) is 6.91. The lowest BCUT2D eigenvalue weighted by atomic mass is 10.2. The fourth-order valence-corrected chi connectivity index (χ4v) is 2.85. The minimum absolute atomic E-state index is 0.224. The molecule has 1 N–H and O–H groups in total. The molecular formula is C23H21N4O9+. The molecule has 0 aliphatic heterocycles. The van der Waals surface area contributed by atoms with Gasteiger partial charge in [-0.3, -0.25) is 30.3 Å². The average Bonchev–Trinajstić information content (AvgIpc) is 2.84. The van der Waals surface area contributed by atoms with Crippen LogP contribution in [0.1, 0.15) is 18.2 Å². The number of aromatic hydroxyl groups is 1. The van der Waals surface area contributed by atoms with E-state index in [0.29, 0.717) is 18.7 Å². The van der Waals surface area contributed by atoms with Gasteiger partial charge in [0.05, 0.1) is 33.5 Å². The molecule has 2 aromatic carbocycles. The van der Waals surface area contributed by atoms with E-state index in [4.69, 9.17) is 9.84 Å². The maximum absolute atomic E-state index is 11.6. The topological polar surface area (TPSA) is 180 Å².